The van der Waals surface area contributed by atoms with Crippen LogP contribution in [0.15, 0.2) is 0 Å². The first-order valence-corrected chi connectivity index (χ1v) is 10.9. The summed E-state index contributed by atoms with van der Waals surface area (Å²) in [7, 11) is -3.74. The molecular formula is C17H37O5P. The van der Waals surface area contributed by atoms with Crippen molar-refractivity contribution in [3.63, 3.8) is 0 Å². The van der Waals surface area contributed by atoms with Crippen LogP contribution in [-0.4, -0.2) is 18.5 Å². The molecule has 0 aromatic heterocycles. The average molecular weight is 352 g/mol. The molecule has 1 N–H and O–H groups in total. The summed E-state index contributed by atoms with van der Waals surface area (Å²) in [5.74, 6) is 0. The third-order valence-corrected chi connectivity index (χ3v) is 5.00. The van der Waals surface area contributed by atoms with E-state index >= 15 is 0 Å². The summed E-state index contributed by atoms with van der Waals surface area (Å²) in [5, 5.41) is 8.59. The third kappa shape index (κ3) is 15.3. The van der Waals surface area contributed by atoms with E-state index in [9.17, 15) is 4.57 Å². The van der Waals surface area contributed by atoms with Gasteiger partial charge in [-0.05, 0) is 12.8 Å². The molecule has 0 rings (SSSR count). The van der Waals surface area contributed by atoms with Crippen LogP contribution in [-0.2, 0) is 18.3 Å². The van der Waals surface area contributed by atoms with Crippen LogP contribution in [0, 0.1) is 0 Å². The van der Waals surface area contributed by atoms with E-state index < -0.39 is 7.82 Å². The molecule has 1 unspecified atom stereocenters. The molecule has 0 bridgehead atoms. The maximum Gasteiger partial charge on any atom is 0.501 e. The Kier molecular flexibility index (Phi) is 17.0. The Morgan fingerprint density at radius 1 is 0.652 bits per heavy atom. The SMILES string of the molecule is CCCCCCCCCCCCCCOP(=O)(OO)OCCC. The van der Waals surface area contributed by atoms with Crippen LogP contribution in [0.5, 0.6) is 0 Å². The minimum atomic E-state index is -3.74. The van der Waals surface area contributed by atoms with Gasteiger partial charge in [-0.2, -0.15) is 0 Å². The fourth-order valence-electron chi connectivity index (χ4n) is 2.41. The van der Waals surface area contributed by atoms with E-state index in [2.05, 4.69) is 11.6 Å². The van der Waals surface area contributed by atoms with Crippen LogP contribution in [0.4, 0.5) is 0 Å². The highest BCUT2D eigenvalue weighted by molar-refractivity contribution is 7.48. The van der Waals surface area contributed by atoms with Crippen molar-refractivity contribution in [3.8, 4) is 0 Å². The Balaban J connectivity index is 3.31. The second-order valence-corrected chi connectivity index (χ2v) is 7.66. The van der Waals surface area contributed by atoms with Crippen molar-refractivity contribution in [3.05, 3.63) is 0 Å². The standard InChI is InChI=1S/C17H37O5P/c1-3-5-6-7-8-9-10-11-12-13-14-15-17-21-23(19,22-18)20-16-4-2/h18H,3-17H2,1-2H3. The predicted molar refractivity (Wildman–Crippen MR) is 94.6 cm³/mol. The van der Waals surface area contributed by atoms with Gasteiger partial charge in [0.2, 0.25) is 0 Å². The summed E-state index contributed by atoms with van der Waals surface area (Å²) in [5.41, 5.74) is 0. The summed E-state index contributed by atoms with van der Waals surface area (Å²) >= 11 is 0. The van der Waals surface area contributed by atoms with Crippen molar-refractivity contribution in [2.24, 2.45) is 0 Å². The van der Waals surface area contributed by atoms with Gasteiger partial charge >= 0.3 is 7.82 Å². The Morgan fingerprint density at radius 2 is 1.09 bits per heavy atom. The fraction of sp³-hybridized carbons (Fsp3) is 1.00. The van der Waals surface area contributed by atoms with E-state index in [0.29, 0.717) is 13.0 Å². The topological polar surface area (TPSA) is 65.0 Å². The van der Waals surface area contributed by atoms with Gasteiger partial charge in [0.1, 0.15) is 0 Å². The smallest absolute Gasteiger partial charge is 0.285 e. The minimum absolute atomic E-state index is 0.246. The van der Waals surface area contributed by atoms with Crippen molar-refractivity contribution < 1.29 is 23.5 Å². The Morgan fingerprint density at radius 3 is 1.52 bits per heavy atom. The maximum absolute atomic E-state index is 11.7. The number of rotatable bonds is 18. The van der Waals surface area contributed by atoms with Crippen molar-refractivity contribution in [2.75, 3.05) is 13.2 Å². The molecule has 0 aliphatic carbocycles. The first-order chi connectivity index (χ1) is 11.2. The van der Waals surface area contributed by atoms with Gasteiger partial charge in [0.05, 0.1) is 13.2 Å². The van der Waals surface area contributed by atoms with Gasteiger partial charge in [-0.3, -0.25) is 9.05 Å². The molecule has 23 heavy (non-hydrogen) atoms. The second-order valence-electron chi connectivity index (χ2n) is 6.08. The van der Waals surface area contributed by atoms with E-state index in [1.165, 1.54) is 64.2 Å². The summed E-state index contributed by atoms with van der Waals surface area (Å²) in [6.45, 7) is 4.67. The molecule has 0 aromatic carbocycles. The highest BCUT2D eigenvalue weighted by Crippen LogP contribution is 2.48. The molecule has 0 radical (unpaired) electrons. The summed E-state index contributed by atoms with van der Waals surface area (Å²) in [6, 6.07) is 0. The lowest BCUT2D eigenvalue weighted by molar-refractivity contribution is -0.166. The van der Waals surface area contributed by atoms with Gasteiger partial charge in [0.25, 0.3) is 0 Å². The molecule has 140 valence electrons. The maximum atomic E-state index is 11.7. The van der Waals surface area contributed by atoms with Crippen molar-refractivity contribution in [1.29, 1.82) is 0 Å². The van der Waals surface area contributed by atoms with Crippen LogP contribution in [0.25, 0.3) is 0 Å². The van der Waals surface area contributed by atoms with E-state index in [0.717, 1.165) is 12.8 Å². The number of phosphoric acid groups is 1. The van der Waals surface area contributed by atoms with E-state index in [1.54, 1.807) is 0 Å². The molecule has 0 spiro atoms. The van der Waals surface area contributed by atoms with Crippen molar-refractivity contribution >= 4 is 7.82 Å². The number of unbranched alkanes of at least 4 members (excludes halogenated alkanes) is 11. The zero-order valence-corrected chi connectivity index (χ0v) is 16.0. The molecule has 0 saturated heterocycles. The highest BCUT2D eigenvalue weighted by Gasteiger charge is 2.26. The molecule has 0 amide bonds. The monoisotopic (exact) mass is 352 g/mol. The molecule has 0 fully saturated rings. The molecule has 0 saturated carbocycles. The molecule has 1 atom stereocenters. The lowest BCUT2D eigenvalue weighted by Crippen LogP contribution is -2.00. The molecular weight excluding hydrogens is 315 g/mol. The third-order valence-electron chi connectivity index (χ3n) is 3.80. The van der Waals surface area contributed by atoms with Gasteiger partial charge in [0, 0.05) is 0 Å². The second kappa shape index (κ2) is 16.9. The van der Waals surface area contributed by atoms with Gasteiger partial charge < -0.3 is 0 Å². The number of phosphoric ester groups is 1. The molecule has 5 nitrogen and oxygen atoms in total. The van der Waals surface area contributed by atoms with Gasteiger partial charge in [-0.15, -0.1) is 4.67 Å². The predicted octanol–water partition coefficient (Wildman–Crippen LogP) is 6.73. The average Bonchev–Trinajstić information content (AvgIpc) is 2.57. The lowest BCUT2D eigenvalue weighted by Gasteiger charge is -2.13. The quantitative estimate of drug-likeness (QED) is 0.128. The fourth-order valence-corrected chi connectivity index (χ4v) is 3.33. The van der Waals surface area contributed by atoms with E-state index in [1.807, 2.05) is 6.92 Å². The van der Waals surface area contributed by atoms with Crippen LogP contribution in [0.3, 0.4) is 0 Å². The zero-order valence-electron chi connectivity index (χ0n) is 15.1. The molecule has 0 heterocycles. The van der Waals surface area contributed by atoms with Crippen molar-refractivity contribution in [2.45, 2.75) is 97.3 Å². The van der Waals surface area contributed by atoms with Gasteiger partial charge in [0.15, 0.2) is 0 Å². The van der Waals surface area contributed by atoms with Crippen LogP contribution >= 0.6 is 7.82 Å². The highest BCUT2D eigenvalue weighted by atomic mass is 31.2. The number of hydrogen-bond acceptors (Lipinski definition) is 5. The van der Waals surface area contributed by atoms with Crippen LogP contribution < -0.4 is 0 Å². The largest absolute Gasteiger partial charge is 0.501 e. The van der Waals surface area contributed by atoms with Crippen molar-refractivity contribution in [1.82, 2.24) is 0 Å². The number of hydrogen-bond donors (Lipinski definition) is 1. The van der Waals surface area contributed by atoms with E-state index in [-0.39, 0.29) is 6.61 Å². The first kappa shape index (κ1) is 23.1. The molecule has 0 aliphatic rings. The molecule has 6 heteroatoms. The lowest BCUT2D eigenvalue weighted by atomic mass is 10.1. The molecule has 0 aromatic rings. The summed E-state index contributed by atoms with van der Waals surface area (Å²) < 4.78 is 25.5. The van der Waals surface area contributed by atoms with Gasteiger partial charge in [-0.1, -0.05) is 84.5 Å². The minimum Gasteiger partial charge on any atom is -0.285 e. The van der Waals surface area contributed by atoms with Crippen LogP contribution in [0.1, 0.15) is 97.3 Å². The van der Waals surface area contributed by atoms with E-state index in [4.69, 9.17) is 14.3 Å². The normalized spacial score (nSPS) is 14.0. The Labute approximate surface area is 142 Å². The van der Waals surface area contributed by atoms with Crippen LogP contribution in [0.2, 0.25) is 0 Å². The Hall–Kier alpha value is 0.0700. The summed E-state index contributed by atoms with van der Waals surface area (Å²) in [6.07, 6.45) is 15.8. The Bertz CT molecular complexity index is 286. The zero-order chi connectivity index (χ0) is 17.2. The first-order valence-electron chi connectivity index (χ1n) is 9.40. The van der Waals surface area contributed by atoms with Gasteiger partial charge in [-0.25, -0.2) is 9.82 Å². The summed E-state index contributed by atoms with van der Waals surface area (Å²) in [4.78, 5) is 0. The molecule has 0 aliphatic heterocycles.